The first-order valence-electron chi connectivity index (χ1n) is 11.3. The number of nitrogens with one attached hydrogen (secondary N) is 3. The number of anilines is 5. The molecule has 0 aliphatic carbocycles. The first-order chi connectivity index (χ1) is 18.1. The van der Waals surface area contributed by atoms with E-state index in [0.717, 1.165) is 11.4 Å². The predicted octanol–water partition coefficient (Wildman–Crippen LogP) is 5.50. The van der Waals surface area contributed by atoms with Gasteiger partial charge in [-0.15, -0.1) is 0 Å². The average Bonchev–Trinajstić information content (AvgIpc) is 3.38. The van der Waals surface area contributed by atoms with Crippen LogP contribution in [0.2, 0.25) is 0 Å². The summed E-state index contributed by atoms with van der Waals surface area (Å²) in [5.41, 5.74) is 5.85. The summed E-state index contributed by atoms with van der Waals surface area (Å²) in [6, 6.07) is 29.1. The number of hydrazone groups is 1. The number of aromatic nitrogens is 4. The molecule has 0 saturated carbocycles. The zero-order valence-electron chi connectivity index (χ0n) is 19.4. The first kappa shape index (κ1) is 23.2. The zero-order valence-corrected chi connectivity index (χ0v) is 19.4. The molecule has 3 N–H and O–H groups in total. The molecule has 0 atom stereocenters. The highest BCUT2D eigenvalue weighted by Crippen LogP contribution is 2.20. The fraction of sp³-hybridized carbons (Fsp3) is 0. The number of rotatable bonds is 9. The summed E-state index contributed by atoms with van der Waals surface area (Å²) in [7, 11) is 0. The predicted molar refractivity (Wildman–Crippen MR) is 143 cm³/mol. The molecule has 0 saturated heterocycles. The van der Waals surface area contributed by atoms with Crippen molar-refractivity contribution in [2.45, 2.75) is 0 Å². The number of nitro benzene ring substituents is 1. The van der Waals surface area contributed by atoms with Gasteiger partial charge in [-0.2, -0.15) is 20.1 Å². The van der Waals surface area contributed by atoms with Crippen LogP contribution in [0.5, 0.6) is 0 Å². The van der Waals surface area contributed by atoms with Gasteiger partial charge in [0.15, 0.2) is 0 Å². The fourth-order valence-corrected chi connectivity index (χ4v) is 3.49. The van der Waals surface area contributed by atoms with E-state index in [1.54, 1.807) is 29.1 Å². The molecule has 0 bridgehead atoms. The number of nitro groups is 1. The lowest BCUT2D eigenvalue weighted by atomic mass is 10.2. The minimum atomic E-state index is -0.425. The van der Waals surface area contributed by atoms with Crippen molar-refractivity contribution in [1.82, 2.24) is 19.5 Å². The van der Waals surface area contributed by atoms with Crippen molar-refractivity contribution in [2.24, 2.45) is 5.10 Å². The molecule has 2 heterocycles. The van der Waals surface area contributed by atoms with E-state index >= 15 is 0 Å². The number of nitrogens with zero attached hydrogens (tertiary/aromatic N) is 6. The fourth-order valence-electron chi connectivity index (χ4n) is 3.49. The smallest absolute Gasteiger partial charge is 0.271 e. The zero-order chi connectivity index (χ0) is 25.5. The van der Waals surface area contributed by atoms with Crippen molar-refractivity contribution < 1.29 is 4.92 Å². The number of benzene rings is 3. The molecule has 0 radical (unpaired) electrons. The van der Waals surface area contributed by atoms with E-state index in [1.807, 2.05) is 72.8 Å². The van der Waals surface area contributed by atoms with Crippen LogP contribution in [0.15, 0.2) is 108 Å². The summed E-state index contributed by atoms with van der Waals surface area (Å²) in [5.74, 6) is 0.881. The molecule has 2 aromatic heterocycles. The van der Waals surface area contributed by atoms with Gasteiger partial charge >= 0.3 is 0 Å². The average molecular weight is 492 g/mol. The Morgan fingerprint density at radius 2 is 1.38 bits per heavy atom. The normalized spacial score (nSPS) is 10.8. The van der Waals surface area contributed by atoms with Crippen molar-refractivity contribution in [3.63, 3.8) is 0 Å². The van der Waals surface area contributed by atoms with E-state index in [1.165, 1.54) is 12.1 Å². The van der Waals surface area contributed by atoms with E-state index in [-0.39, 0.29) is 11.6 Å². The second kappa shape index (κ2) is 10.8. The van der Waals surface area contributed by atoms with Gasteiger partial charge in [-0.05, 0) is 42.5 Å². The third kappa shape index (κ3) is 5.92. The molecule has 5 aromatic rings. The van der Waals surface area contributed by atoms with Crippen LogP contribution in [0.4, 0.5) is 34.9 Å². The third-order valence-electron chi connectivity index (χ3n) is 5.16. The summed E-state index contributed by atoms with van der Waals surface area (Å²) in [4.78, 5) is 24.0. The molecule has 37 heavy (non-hydrogen) atoms. The highest BCUT2D eigenvalue weighted by Gasteiger charge is 2.10. The van der Waals surface area contributed by atoms with Crippen LogP contribution in [0.3, 0.4) is 0 Å². The molecule has 0 amide bonds. The van der Waals surface area contributed by atoms with Crippen molar-refractivity contribution in [3.8, 4) is 5.69 Å². The summed E-state index contributed by atoms with van der Waals surface area (Å²) in [5, 5.41) is 21.8. The lowest BCUT2D eigenvalue weighted by Gasteiger charge is -2.10. The highest BCUT2D eigenvalue weighted by molar-refractivity contribution is 5.79. The first-order valence-corrected chi connectivity index (χ1v) is 11.3. The van der Waals surface area contributed by atoms with Gasteiger partial charge < -0.3 is 15.2 Å². The topological polar surface area (TPSA) is 135 Å². The summed E-state index contributed by atoms with van der Waals surface area (Å²) in [6.45, 7) is 0. The summed E-state index contributed by atoms with van der Waals surface area (Å²) in [6.07, 6.45) is 3.38. The van der Waals surface area contributed by atoms with Crippen LogP contribution in [0.25, 0.3) is 5.69 Å². The Kier molecular flexibility index (Phi) is 6.75. The van der Waals surface area contributed by atoms with Crippen LogP contribution in [-0.2, 0) is 0 Å². The quantitative estimate of drug-likeness (QED) is 0.140. The Balaban J connectivity index is 1.39. The van der Waals surface area contributed by atoms with Crippen molar-refractivity contribution in [1.29, 1.82) is 0 Å². The second-order valence-electron chi connectivity index (χ2n) is 7.74. The lowest BCUT2D eigenvalue weighted by molar-refractivity contribution is -0.384. The highest BCUT2D eigenvalue weighted by atomic mass is 16.6. The number of hydrogen-bond donors (Lipinski definition) is 3. The molecule has 11 heteroatoms. The Bertz CT molecular complexity index is 1480. The Hall–Kier alpha value is -5.58. The van der Waals surface area contributed by atoms with E-state index in [2.05, 4.69) is 36.1 Å². The largest absolute Gasteiger partial charge is 0.324 e. The maximum absolute atomic E-state index is 11.2. The van der Waals surface area contributed by atoms with E-state index in [4.69, 9.17) is 0 Å². The molecule has 5 rings (SSSR count). The molecule has 182 valence electrons. The molecule has 11 nitrogen and oxygen atoms in total. The van der Waals surface area contributed by atoms with Crippen LogP contribution >= 0.6 is 0 Å². The molecular weight excluding hydrogens is 470 g/mol. The summed E-state index contributed by atoms with van der Waals surface area (Å²) < 4.78 is 1.79. The van der Waals surface area contributed by atoms with Gasteiger partial charge in [0.25, 0.3) is 5.69 Å². The van der Waals surface area contributed by atoms with E-state index < -0.39 is 4.92 Å². The number of non-ortho nitro benzene ring substituents is 1. The SMILES string of the molecule is O=[N+]([O-])c1cccc(-n2cccc2/C=N\Nc2nc(Nc3ccccc3)nc(Nc3ccccc3)n2)c1. The Morgan fingerprint density at radius 3 is 2.00 bits per heavy atom. The Morgan fingerprint density at radius 1 is 0.757 bits per heavy atom. The van der Waals surface area contributed by atoms with Gasteiger partial charge in [-0.1, -0.05) is 42.5 Å². The second-order valence-corrected chi connectivity index (χ2v) is 7.74. The minimum absolute atomic E-state index is 0.00860. The molecule has 0 unspecified atom stereocenters. The standard InChI is InChI=1S/C26H21N9O2/c36-35(37)22-14-7-13-21(17-22)34-16-8-15-23(34)18-27-33-26-31-24(28-19-9-3-1-4-10-19)30-25(32-26)29-20-11-5-2-6-12-20/h1-18H,(H3,28,29,30,31,32,33)/b27-18-. The molecule has 0 spiro atoms. The lowest BCUT2D eigenvalue weighted by Crippen LogP contribution is -2.07. The van der Waals surface area contributed by atoms with Crippen LogP contribution in [0, 0.1) is 10.1 Å². The maximum Gasteiger partial charge on any atom is 0.271 e. The summed E-state index contributed by atoms with van der Waals surface area (Å²) >= 11 is 0. The molecule has 0 fully saturated rings. The molecule has 0 aliphatic heterocycles. The van der Waals surface area contributed by atoms with Crippen LogP contribution in [0.1, 0.15) is 5.69 Å². The van der Waals surface area contributed by atoms with Gasteiger partial charge in [-0.3, -0.25) is 10.1 Å². The minimum Gasteiger partial charge on any atom is -0.324 e. The number of para-hydroxylation sites is 2. The van der Waals surface area contributed by atoms with Crippen LogP contribution < -0.4 is 16.1 Å². The number of hydrogen-bond acceptors (Lipinski definition) is 9. The van der Waals surface area contributed by atoms with Gasteiger partial charge in [0.05, 0.1) is 22.5 Å². The molecule has 0 aliphatic rings. The van der Waals surface area contributed by atoms with Gasteiger partial charge in [0, 0.05) is 29.7 Å². The van der Waals surface area contributed by atoms with Crippen molar-refractivity contribution >= 4 is 41.1 Å². The molecule has 3 aromatic carbocycles. The van der Waals surface area contributed by atoms with Gasteiger partial charge in [-0.25, -0.2) is 5.43 Å². The van der Waals surface area contributed by atoms with E-state index in [0.29, 0.717) is 23.3 Å². The van der Waals surface area contributed by atoms with Crippen LogP contribution in [-0.4, -0.2) is 30.7 Å². The third-order valence-corrected chi connectivity index (χ3v) is 5.16. The van der Waals surface area contributed by atoms with E-state index in [9.17, 15) is 10.1 Å². The monoisotopic (exact) mass is 491 g/mol. The van der Waals surface area contributed by atoms with Gasteiger partial charge in [0.1, 0.15) is 0 Å². The maximum atomic E-state index is 11.2. The molecular formula is C26H21N9O2. The van der Waals surface area contributed by atoms with Crippen molar-refractivity contribution in [3.05, 3.63) is 119 Å². The Labute approximate surface area is 211 Å². The van der Waals surface area contributed by atoms with Gasteiger partial charge in [0.2, 0.25) is 17.8 Å². The van der Waals surface area contributed by atoms with Crippen molar-refractivity contribution in [2.75, 3.05) is 16.1 Å².